The number of hydrogen-bond donors (Lipinski definition) is 2. The second-order valence-electron chi connectivity index (χ2n) is 10.3. The van der Waals surface area contributed by atoms with Crippen molar-refractivity contribution in [2.24, 2.45) is 5.92 Å². The number of amides is 1. The van der Waals surface area contributed by atoms with Crippen LogP contribution in [0.1, 0.15) is 56.9 Å². The van der Waals surface area contributed by atoms with Crippen molar-refractivity contribution < 1.29 is 17.9 Å². The maximum Gasteiger partial charge on any atom is 0.243 e. The zero-order valence-electron chi connectivity index (χ0n) is 21.9. The van der Waals surface area contributed by atoms with Crippen LogP contribution in [0.5, 0.6) is 5.75 Å². The van der Waals surface area contributed by atoms with E-state index in [2.05, 4.69) is 22.6 Å². The van der Waals surface area contributed by atoms with E-state index in [1.807, 2.05) is 0 Å². The maximum absolute atomic E-state index is 12.9. The third-order valence-electron chi connectivity index (χ3n) is 7.64. The molecule has 0 atom stereocenters. The minimum atomic E-state index is -3.66. The first-order valence-corrected chi connectivity index (χ1v) is 14.4. The van der Waals surface area contributed by atoms with E-state index in [1.54, 1.807) is 32.2 Å². The average molecular weight is 509 g/mol. The van der Waals surface area contributed by atoms with Crippen LogP contribution in [-0.4, -0.2) is 83.0 Å². The molecule has 1 aromatic rings. The first kappa shape index (κ1) is 27.9. The van der Waals surface area contributed by atoms with Gasteiger partial charge in [0, 0.05) is 32.1 Å². The molecule has 1 aromatic carbocycles. The van der Waals surface area contributed by atoms with E-state index in [1.165, 1.54) is 43.7 Å². The summed E-state index contributed by atoms with van der Waals surface area (Å²) in [5, 5.41) is 6.86. The van der Waals surface area contributed by atoms with Gasteiger partial charge >= 0.3 is 0 Å². The molecular formula is C26H44N4O4S. The van der Waals surface area contributed by atoms with Crippen LogP contribution in [-0.2, 0) is 14.8 Å². The maximum atomic E-state index is 12.9. The number of piperidine rings is 1. The lowest BCUT2D eigenvalue weighted by molar-refractivity contribution is -0.122. The molecule has 2 aliphatic rings. The summed E-state index contributed by atoms with van der Waals surface area (Å²) in [4.78, 5) is 15.2. The van der Waals surface area contributed by atoms with Gasteiger partial charge in [0.15, 0.2) is 0 Å². The average Bonchev–Trinajstić information content (AvgIpc) is 2.84. The van der Waals surface area contributed by atoms with Gasteiger partial charge in [0.25, 0.3) is 0 Å². The second kappa shape index (κ2) is 13.0. The van der Waals surface area contributed by atoms with E-state index >= 15 is 0 Å². The molecule has 2 fully saturated rings. The van der Waals surface area contributed by atoms with Gasteiger partial charge in [-0.25, -0.2) is 12.7 Å². The highest BCUT2D eigenvalue weighted by Crippen LogP contribution is 2.27. The standard InChI is InChI=1S/C26H44N4O4S/c1-20-19-24(34-4)9-10-25(20)35(32,33)30(3)18-14-26(31)28-23-7-5-21(6-8-23)11-15-27-22-12-16-29(2)17-13-22/h9-10,19,21-23,27H,5-8,11-18H2,1-4H3,(H,28,31). The van der Waals surface area contributed by atoms with Crippen LogP contribution in [0.25, 0.3) is 0 Å². The Morgan fingerprint density at radius 3 is 2.43 bits per heavy atom. The van der Waals surface area contributed by atoms with Gasteiger partial charge in [0.1, 0.15) is 5.75 Å². The molecule has 35 heavy (non-hydrogen) atoms. The number of rotatable bonds is 11. The van der Waals surface area contributed by atoms with Crippen LogP contribution < -0.4 is 15.4 Å². The summed E-state index contributed by atoms with van der Waals surface area (Å²) >= 11 is 0. The van der Waals surface area contributed by atoms with Gasteiger partial charge in [0.05, 0.1) is 12.0 Å². The van der Waals surface area contributed by atoms with Crippen molar-refractivity contribution >= 4 is 15.9 Å². The number of likely N-dealkylation sites (tertiary alicyclic amines) is 1. The van der Waals surface area contributed by atoms with E-state index < -0.39 is 10.0 Å². The van der Waals surface area contributed by atoms with E-state index in [4.69, 9.17) is 4.74 Å². The molecule has 0 aromatic heterocycles. The van der Waals surface area contributed by atoms with Crippen LogP contribution in [0, 0.1) is 12.8 Å². The van der Waals surface area contributed by atoms with Gasteiger partial charge < -0.3 is 20.3 Å². The molecule has 0 unspecified atom stereocenters. The van der Waals surface area contributed by atoms with Gasteiger partial charge in [-0.2, -0.15) is 0 Å². The summed E-state index contributed by atoms with van der Waals surface area (Å²) in [5.41, 5.74) is 0.624. The number of nitrogens with one attached hydrogen (secondary N) is 2. The number of carbonyl (C=O) groups excluding carboxylic acids is 1. The molecule has 3 rings (SSSR count). The summed E-state index contributed by atoms with van der Waals surface area (Å²) in [7, 11) is 1.61. The fourth-order valence-corrected chi connectivity index (χ4v) is 6.56. The van der Waals surface area contributed by atoms with Crippen molar-refractivity contribution in [1.29, 1.82) is 0 Å². The van der Waals surface area contributed by atoms with Crippen molar-refractivity contribution in [1.82, 2.24) is 19.8 Å². The SMILES string of the molecule is COc1ccc(S(=O)(=O)N(C)CCC(=O)NC2CCC(CCNC3CCN(C)CC3)CC2)c(C)c1. The summed E-state index contributed by atoms with van der Waals surface area (Å²) < 4.78 is 32.3. The lowest BCUT2D eigenvalue weighted by atomic mass is 9.84. The Kier molecular flexibility index (Phi) is 10.4. The molecule has 0 radical (unpaired) electrons. The monoisotopic (exact) mass is 508 g/mol. The van der Waals surface area contributed by atoms with Crippen LogP contribution in [0.15, 0.2) is 23.1 Å². The van der Waals surface area contributed by atoms with Gasteiger partial charge in [0.2, 0.25) is 15.9 Å². The molecule has 9 heteroatoms. The van der Waals surface area contributed by atoms with Crippen molar-refractivity contribution in [3.8, 4) is 5.75 Å². The molecule has 1 aliphatic heterocycles. The lowest BCUT2D eigenvalue weighted by Crippen LogP contribution is -2.42. The summed E-state index contributed by atoms with van der Waals surface area (Å²) in [6, 6.07) is 5.77. The predicted molar refractivity (Wildman–Crippen MR) is 139 cm³/mol. The molecule has 1 saturated carbocycles. The number of methoxy groups -OCH3 is 1. The number of ether oxygens (including phenoxy) is 1. The smallest absolute Gasteiger partial charge is 0.243 e. The quantitative estimate of drug-likeness (QED) is 0.478. The van der Waals surface area contributed by atoms with E-state index in [0.29, 0.717) is 17.4 Å². The minimum Gasteiger partial charge on any atom is -0.497 e. The Hall–Kier alpha value is -1.68. The van der Waals surface area contributed by atoms with Crippen molar-refractivity contribution in [2.75, 3.05) is 47.4 Å². The first-order valence-electron chi connectivity index (χ1n) is 13.0. The molecule has 1 amide bonds. The molecule has 2 N–H and O–H groups in total. The van der Waals surface area contributed by atoms with E-state index in [-0.39, 0.29) is 29.8 Å². The van der Waals surface area contributed by atoms with Gasteiger partial charge in [-0.05, 0) is 108 Å². The number of carbonyl (C=O) groups is 1. The Labute approximate surface area is 211 Å². The number of benzene rings is 1. The highest BCUT2D eigenvalue weighted by atomic mass is 32.2. The third kappa shape index (κ3) is 8.17. The Balaban J connectivity index is 1.34. The molecule has 198 valence electrons. The normalized spacial score (nSPS) is 22.3. The number of hydrogen-bond acceptors (Lipinski definition) is 6. The molecule has 0 spiro atoms. The zero-order valence-corrected chi connectivity index (χ0v) is 22.7. The lowest BCUT2D eigenvalue weighted by Gasteiger charge is -2.32. The van der Waals surface area contributed by atoms with Crippen molar-refractivity contribution in [2.45, 2.75) is 75.3 Å². The van der Waals surface area contributed by atoms with E-state index in [0.717, 1.165) is 38.1 Å². The summed E-state index contributed by atoms with van der Waals surface area (Å²) in [6.45, 7) is 5.36. The molecule has 1 heterocycles. The minimum absolute atomic E-state index is 0.0779. The van der Waals surface area contributed by atoms with Gasteiger partial charge in [-0.15, -0.1) is 0 Å². The number of nitrogens with zero attached hydrogens (tertiary/aromatic N) is 2. The highest BCUT2D eigenvalue weighted by molar-refractivity contribution is 7.89. The summed E-state index contributed by atoms with van der Waals surface area (Å²) in [5.74, 6) is 1.27. The Bertz CT molecular complexity index is 923. The Morgan fingerprint density at radius 1 is 1.11 bits per heavy atom. The largest absolute Gasteiger partial charge is 0.497 e. The number of aryl methyl sites for hydroxylation is 1. The number of sulfonamides is 1. The van der Waals surface area contributed by atoms with Crippen LogP contribution >= 0.6 is 0 Å². The Morgan fingerprint density at radius 2 is 1.80 bits per heavy atom. The highest BCUT2D eigenvalue weighted by Gasteiger charge is 2.26. The fourth-order valence-electron chi connectivity index (χ4n) is 5.18. The molecule has 1 saturated heterocycles. The van der Waals surface area contributed by atoms with Gasteiger partial charge in [-0.3, -0.25) is 4.79 Å². The van der Waals surface area contributed by atoms with Crippen LogP contribution in [0.2, 0.25) is 0 Å². The van der Waals surface area contributed by atoms with Crippen molar-refractivity contribution in [3.63, 3.8) is 0 Å². The van der Waals surface area contributed by atoms with Crippen LogP contribution in [0.3, 0.4) is 0 Å². The predicted octanol–water partition coefficient (Wildman–Crippen LogP) is 2.76. The summed E-state index contributed by atoms with van der Waals surface area (Å²) in [6.07, 6.45) is 8.15. The second-order valence-corrected chi connectivity index (χ2v) is 12.3. The molecule has 8 nitrogen and oxygen atoms in total. The van der Waals surface area contributed by atoms with Crippen LogP contribution in [0.4, 0.5) is 0 Å². The first-order chi connectivity index (χ1) is 16.7. The third-order valence-corrected chi connectivity index (χ3v) is 9.66. The van der Waals surface area contributed by atoms with Crippen molar-refractivity contribution in [3.05, 3.63) is 23.8 Å². The molecule has 1 aliphatic carbocycles. The van der Waals surface area contributed by atoms with E-state index in [9.17, 15) is 13.2 Å². The molecule has 0 bridgehead atoms. The van der Waals surface area contributed by atoms with Gasteiger partial charge in [-0.1, -0.05) is 0 Å². The zero-order chi connectivity index (χ0) is 25.4. The molecular weight excluding hydrogens is 464 g/mol. The fraction of sp³-hybridized carbons (Fsp3) is 0.731. The topological polar surface area (TPSA) is 91.0 Å².